The molecule has 5 N–H and O–H groups in total. The predicted octanol–water partition coefficient (Wildman–Crippen LogP) is 20.3. The first-order chi connectivity index (χ1) is 40.2. The number of hydrogen-bond donors (Lipinski definition) is 5. The topological polar surface area (TPSA) is 154 Å². The number of benzene rings is 1. The van der Waals surface area contributed by atoms with E-state index in [0.29, 0.717) is 19.6 Å². The number of nitrogens with one attached hydrogen (secondary N) is 4. The minimum atomic E-state index is -1.08. The minimum absolute atomic E-state index is 0.0749. The number of amides is 4. The van der Waals surface area contributed by atoms with Gasteiger partial charge in [0.05, 0.1) is 5.56 Å². The molecule has 0 fully saturated rings. The van der Waals surface area contributed by atoms with Crippen molar-refractivity contribution in [2.75, 3.05) is 19.6 Å². The maximum absolute atomic E-state index is 14.1. The van der Waals surface area contributed by atoms with Crippen LogP contribution in [0.5, 0.6) is 0 Å². The van der Waals surface area contributed by atoms with E-state index in [-0.39, 0.29) is 67.4 Å². The molecule has 0 radical (unpaired) electrons. The molecule has 1 rings (SSSR count). The first-order valence-electron chi connectivity index (χ1n) is 35.6. The number of carboxylic acids is 1. The molecule has 1 aromatic rings. The van der Waals surface area contributed by atoms with Crippen LogP contribution in [0.1, 0.15) is 388 Å². The Kier molecular flexibility index (Phi) is 54.1. The Hall–Kier alpha value is -3.43. The lowest BCUT2D eigenvalue weighted by molar-refractivity contribution is -0.121. The molecule has 1 aromatic carbocycles. The van der Waals surface area contributed by atoms with Gasteiger partial charge in [-0.05, 0) is 62.8 Å². The molecule has 0 aliphatic heterocycles. The van der Waals surface area contributed by atoms with Crippen LogP contribution in [0, 0.1) is 0 Å². The smallest absolute Gasteiger partial charge is 0.335 e. The molecule has 0 saturated heterocycles. The predicted molar refractivity (Wildman–Crippen MR) is 349 cm³/mol. The largest absolute Gasteiger partial charge is 0.478 e. The second-order valence-corrected chi connectivity index (χ2v) is 25.1. The number of aromatic carboxylic acids is 1. The van der Waals surface area contributed by atoms with Crippen molar-refractivity contribution in [3.8, 4) is 0 Å². The molecule has 0 unspecified atom stereocenters. The monoisotopic (exact) mass is 1150 g/mol. The standard InChI is InChI=1S/C72H132N4O6/c1-4-7-10-13-16-19-22-25-28-31-34-37-40-43-46-49-62-73-67(77)56-59-72(76-70(80)65-52-54-66(55-53-65)71(81)82,60-57-68(78)74-63-50-47-44-41-38-35-32-29-26-23-20-17-14-11-8-5-2)61-58-69(79)75-64-51-48-45-42-39-36-33-30-27-24-21-18-15-12-9-6-3/h52-55H,4-51,56-64H2,1-3H3,(H,73,77)(H,74,78)(H,75,79)(H,76,80)(H,81,82). The lowest BCUT2D eigenvalue weighted by Gasteiger charge is -2.35. The van der Waals surface area contributed by atoms with Gasteiger partial charge < -0.3 is 26.4 Å². The summed E-state index contributed by atoms with van der Waals surface area (Å²) in [5.74, 6) is -1.82. The number of carbonyl (C=O) groups is 5. The quantitative estimate of drug-likeness (QED) is 0.0409. The van der Waals surface area contributed by atoms with Crippen LogP contribution in [0.2, 0.25) is 0 Å². The molecule has 10 nitrogen and oxygen atoms in total. The van der Waals surface area contributed by atoms with Crippen LogP contribution in [0.4, 0.5) is 0 Å². The molecule has 10 heteroatoms. The van der Waals surface area contributed by atoms with Gasteiger partial charge in [-0.1, -0.05) is 310 Å². The minimum Gasteiger partial charge on any atom is -0.478 e. The van der Waals surface area contributed by atoms with Gasteiger partial charge in [0.1, 0.15) is 0 Å². The molecule has 4 amide bonds. The maximum atomic E-state index is 14.1. The van der Waals surface area contributed by atoms with Gasteiger partial charge in [0.15, 0.2) is 0 Å². The maximum Gasteiger partial charge on any atom is 0.335 e. The Balaban J connectivity index is 2.75. The first-order valence-corrected chi connectivity index (χ1v) is 35.6. The fourth-order valence-electron chi connectivity index (χ4n) is 11.7. The van der Waals surface area contributed by atoms with Gasteiger partial charge in [-0.25, -0.2) is 4.79 Å². The Morgan fingerprint density at radius 2 is 0.500 bits per heavy atom. The van der Waals surface area contributed by atoms with Crippen LogP contribution in [-0.2, 0) is 14.4 Å². The van der Waals surface area contributed by atoms with Gasteiger partial charge in [0.2, 0.25) is 17.7 Å². The third-order valence-electron chi connectivity index (χ3n) is 17.3. The molecule has 0 aliphatic carbocycles. The van der Waals surface area contributed by atoms with Crippen LogP contribution >= 0.6 is 0 Å². The van der Waals surface area contributed by atoms with E-state index in [9.17, 15) is 29.1 Å². The van der Waals surface area contributed by atoms with E-state index in [4.69, 9.17) is 0 Å². The highest BCUT2D eigenvalue weighted by molar-refractivity contribution is 5.96. The van der Waals surface area contributed by atoms with Crippen molar-refractivity contribution in [2.45, 2.75) is 373 Å². The lowest BCUT2D eigenvalue weighted by Crippen LogP contribution is -2.50. The first kappa shape index (κ1) is 76.6. The molecule has 0 atom stereocenters. The lowest BCUT2D eigenvalue weighted by atomic mass is 9.82. The van der Waals surface area contributed by atoms with Crippen LogP contribution < -0.4 is 21.3 Å². The summed E-state index contributed by atoms with van der Waals surface area (Å²) in [4.78, 5) is 66.2. The molecule has 0 aliphatic rings. The van der Waals surface area contributed by atoms with Crippen molar-refractivity contribution in [2.24, 2.45) is 0 Å². The molecule has 0 aromatic heterocycles. The summed E-state index contributed by atoms with van der Waals surface area (Å²) in [6.07, 6.45) is 63.2. The number of carbonyl (C=O) groups excluding carboxylic acids is 4. The van der Waals surface area contributed by atoms with Gasteiger partial charge in [-0.3, -0.25) is 19.2 Å². The fraction of sp³-hybridized carbons (Fsp3) is 0.847. The highest BCUT2D eigenvalue weighted by Crippen LogP contribution is 2.28. The third kappa shape index (κ3) is 48.9. The zero-order valence-corrected chi connectivity index (χ0v) is 54.1. The molecule has 0 bridgehead atoms. The molecule has 0 heterocycles. The number of unbranched alkanes of at least 4 members (excludes halogenated alkanes) is 45. The summed E-state index contributed by atoms with van der Waals surface area (Å²) < 4.78 is 0. The highest BCUT2D eigenvalue weighted by atomic mass is 16.4. The summed E-state index contributed by atoms with van der Waals surface area (Å²) in [6.45, 7) is 8.60. The number of carboxylic acid groups (broad SMARTS) is 1. The van der Waals surface area contributed by atoms with Gasteiger partial charge in [-0.2, -0.15) is 0 Å². The van der Waals surface area contributed by atoms with E-state index in [1.54, 1.807) is 0 Å². The van der Waals surface area contributed by atoms with Gasteiger partial charge in [0, 0.05) is 50.0 Å². The summed E-state index contributed by atoms with van der Waals surface area (Å²) in [7, 11) is 0. The number of rotatable bonds is 63. The van der Waals surface area contributed by atoms with Gasteiger partial charge in [0.25, 0.3) is 5.91 Å². The zero-order valence-electron chi connectivity index (χ0n) is 54.1. The van der Waals surface area contributed by atoms with Gasteiger partial charge >= 0.3 is 5.97 Å². The average molecular weight is 1150 g/mol. The molecular weight excluding hydrogens is 1020 g/mol. The summed E-state index contributed by atoms with van der Waals surface area (Å²) in [5.41, 5.74) is -0.681. The highest BCUT2D eigenvalue weighted by Gasteiger charge is 2.34. The Morgan fingerprint density at radius 1 is 0.305 bits per heavy atom. The van der Waals surface area contributed by atoms with E-state index in [0.717, 1.165) is 38.5 Å². The van der Waals surface area contributed by atoms with Crippen molar-refractivity contribution in [3.05, 3.63) is 35.4 Å². The van der Waals surface area contributed by atoms with Crippen molar-refractivity contribution in [3.63, 3.8) is 0 Å². The second-order valence-electron chi connectivity index (χ2n) is 25.1. The van der Waals surface area contributed by atoms with Crippen molar-refractivity contribution >= 4 is 29.6 Å². The summed E-state index contributed by atoms with van der Waals surface area (Å²) >= 11 is 0. The normalized spacial score (nSPS) is 11.5. The molecule has 0 saturated carbocycles. The van der Waals surface area contributed by atoms with Crippen LogP contribution in [0.3, 0.4) is 0 Å². The third-order valence-corrected chi connectivity index (χ3v) is 17.3. The molecule has 82 heavy (non-hydrogen) atoms. The molecule has 476 valence electrons. The Morgan fingerprint density at radius 3 is 0.707 bits per heavy atom. The van der Waals surface area contributed by atoms with Crippen LogP contribution in [0.25, 0.3) is 0 Å². The Bertz CT molecular complexity index is 1500. The zero-order chi connectivity index (χ0) is 59.5. The van der Waals surface area contributed by atoms with E-state index < -0.39 is 17.4 Å². The molecule has 0 spiro atoms. The fourth-order valence-corrected chi connectivity index (χ4v) is 11.7. The average Bonchev–Trinajstić information content (AvgIpc) is 3.56. The van der Waals surface area contributed by atoms with Gasteiger partial charge in [-0.15, -0.1) is 0 Å². The second kappa shape index (κ2) is 58.0. The summed E-state index contributed by atoms with van der Waals surface area (Å²) in [5, 5.41) is 22.1. The van der Waals surface area contributed by atoms with Crippen LogP contribution in [0.15, 0.2) is 24.3 Å². The summed E-state index contributed by atoms with van der Waals surface area (Å²) in [6, 6.07) is 5.79. The van der Waals surface area contributed by atoms with E-state index >= 15 is 0 Å². The Labute approximate surface area is 505 Å². The number of hydrogen-bond acceptors (Lipinski definition) is 5. The van der Waals surface area contributed by atoms with E-state index in [1.165, 1.54) is 294 Å². The van der Waals surface area contributed by atoms with E-state index in [2.05, 4.69) is 42.0 Å². The van der Waals surface area contributed by atoms with Crippen molar-refractivity contribution < 1.29 is 29.1 Å². The van der Waals surface area contributed by atoms with Crippen LogP contribution in [-0.4, -0.2) is 59.9 Å². The molecular formula is C72H132N4O6. The SMILES string of the molecule is CCCCCCCCCCCCCCCCCCNC(=O)CCC(CCC(=O)NCCCCCCCCCCCCCCCCCC)(CCC(=O)NCCCCCCCCCCCCCCCCCC)NC(=O)c1ccc(C(=O)O)cc1. The van der Waals surface area contributed by atoms with Crippen molar-refractivity contribution in [1.29, 1.82) is 0 Å². The van der Waals surface area contributed by atoms with E-state index in [1.807, 2.05) is 0 Å². The van der Waals surface area contributed by atoms with Crippen molar-refractivity contribution in [1.82, 2.24) is 21.3 Å².